The second-order valence-corrected chi connectivity index (χ2v) is 5.92. The van der Waals surface area contributed by atoms with Crippen molar-refractivity contribution in [2.75, 3.05) is 46.4 Å². The fourth-order valence-electron chi connectivity index (χ4n) is 2.80. The van der Waals surface area contributed by atoms with Crippen molar-refractivity contribution in [2.24, 2.45) is 5.92 Å². The summed E-state index contributed by atoms with van der Waals surface area (Å²) >= 11 is 0. The van der Waals surface area contributed by atoms with E-state index in [1.54, 1.807) is 12.1 Å². The molecule has 1 saturated heterocycles. The van der Waals surface area contributed by atoms with Gasteiger partial charge >= 0.3 is 0 Å². The van der Waals surface area contributed by atoms with Crippen LogP contribution in [0, 0.1) is 11.7 Å². The molecule has 1 heterocycles. The molecule has 0 bridgehead atoms. The topological polar surface area (TPSA) is 53.6 Å². The number of nitrogens with zero attached hydrogens (tertiary/aromatic N) is 1. The van der Waals surface area contributed by atoms with E-state index in [9.17, 15) is 9.18 Å². The second kappa shape index (κ2) is 12.4. The smallest absolute Gasteiger partial charge is 0.224 e. The van der Waals surface area contributed by atoms with Crippen molar-refractivity contribution in [1.29, 1.82) is 0 Å². The van der Waals surface area contributed by atoms with Gasteiger partial charge in [0.15, 0.2) is 0 Å². The molecule has 1 aromatic rings. The maximum atomic E-state index is 13.2. The van der Waals surface area contributed by atoms with Gasteiger partial charge in [-0.25, -0.2) is 4.39 Å². The fraction of sp³-hybridized carbons (Fsp3) is 0.588. The summed E-state index contributed by atoms with van der Waals surface area (Å²) in [5.41, 5.74) is 1.01. The van der Waals surface area contributed by atoms with Crippen LogP contribution in [0.3, 0.4) is 0 Å². The molecule has 0 radical (unpaired) electrons. The van der Waals surface area contributed by atoms with Crippen LogP contribution in [0.5, 0.6) is 0 Å². The first kappa shape index (κ1) is 24.1. The number of carbonyl (C=O) groups is 1. The highest BCUT2D eigenvalue weighted by Gasteiger charge is 2.24. The van der Waals surface area contributed by atoms with Crippen molar-refractivity contribution in [3.8, 4) is 0 Å². The minimum atomic E-state index is -0.249. The van der Waals surface area contributed by atoms with Crippen LogP contribution in [-0.2, 0) is 9.53 Å². The molecule has 0 spiro atoms. The molecule has 2 atom stereocenters. The largest absolute Gasteiger partial charge is 0.379 e. The van der Waals surface area contributed by atoms with Crippen molar-refractivity contribution in [3.63, 3.8) is 0 Å². The van der Waals surface area contributed by atoms with Crippen LogP contribution in [0.4, 0.5) is 4.39 Å². The molecular weight excluding hydrogens is 368 g/mol. The van der Waals surface area contributed by atoms with Gasteiger partial charge in [-0.15, -0.1) is 24.8 Å². The summed E-state index contributed by atoms with van der Waals surface area (Å²) in [7, 11) is 1.83. The predicted molar refractivity (Wildman–Crippen MR) is 102 cm³/mol. The summed E-state index contributed by atoms with van der Waals surface area (Å²) in [5, 5.41) is 6.03. The van der Waals surface area contributed by atoms with E-state index in [0.717, 1.165) is 18.7 Å². The van der Waals surface area contributed by atoms with Crippen molar-refractivity contribution < 1.29 is 13.9 Å². The summed E-state index contributed by atoms with van der Waals surface area (Å²) in [6.07, 6.45) is 0. The Kier molecular flexibility index (Phi) is 12.0. The lowest BCUT2D eigenvalue weighted by molar-refractivity contribution is -0.124. The van der Waals surface area contributed by atoms with Gasteiger partial charge in [0.2, 0.25) is 5.91 Å². The Labute approximate surface area is 161 Å². The van der Waals surface area contributed by atoms with Gasteiger partial charge in [-0.05, 0) is 24.7 Å². The van der Waals surface area contributed by atoms with Crippen LogP contribution in [0.2, 0.25) is 0 Å². The number of ether oxygens (including phenoxy) is 1. The monoisotopic (exact) mass is 395 g/mol. The van der Waals surface area contributed by atoms with Gasteiger partial charge in [0, 0.05) is 32.1 Å². The minimum absolute atomic E-state index is 0. The lowest BCUT2D eigenvalue weighted by Crippen LogP contribution is -2.45. The molecule has 2 N–H and O–H groups in total. The van der Waals surface area contributed by atoms with Gasteiger partial charge in [-0.2, -0.15) is 0 Å². The van der Waals surface area contributed by atoms with Crippen LogP contribution >= 0.6 is 24.8 Å². The molecule has 1 aromatic carbocycles. The molecule has 5 nitrogen and oxygen atoms in total. The van der Waals surface area contributed by atoms with Gasteiger partial charge in [-0.1, -0.05) is 19.1 Å². The summed E-state index contributed by atoms with van der Waals surface area (Å²) in [4.78, 5) is 14.4. The first-order chi connectivity index (χ1) is 11.1. The van der Waals surface area contributed by atoms with Crippen molar-refractivity contribution in [3.05, 3.63) is 35.6 Å². The van der Waals surface area contributed by atoms with Gasteiger partial charge < -0.3 is 15.4 Å². The zero-order chi connectivity index (χ0) is 16.7. The van der Waals surface area contributed by atoms with Gasteiger partial charge in [0.05, 0.1) is 19.3 Å². The number of nitrogens with one attached hydrogen (secondary N) is 2. The van der Waals surface area contributed by atoms with Crippen molar-refractivity contribution in [2.45, 2.75) is 13.0 Å². The Morgan fingerprint density at radius 2 is 1.80 bits per heavy atom. The maximum Gasteiger partial charge on any atom is 0.224 e. The standard InChI is InChI=1S/C17H26FN3O2.2ClH/c1-13(11-19-2)17(22)20-12-16(21-7-9-23-10-8-21)14-3-5-15(18)6-4-14;;/h3-6,13,16,19H,7-12H2,1-2H3,(H,20,22);2*1H. The number of halogens is 3. The highest BCUT2D eigenvalue weighted by molar-refractivity contribution is 5.85. The summed E-state index contributed by atoms with van der Waals surface area (Å²) in [5.74, 6) is -0.306. The van der Waals surface area contributed by atoms with E-state index in [0.29, 0.717) is 26.3 Å². The summed E-state index contributed by atoms with van der Waals surface area (Å²) < 4.78 is 18.6. The number of hydrogen-bond donors (Lipinski definition) is 2. The fourth-order valence-corrected chi connectivity index (χ4v) is 2.80. The number of rotatable bonds is 7. The Hall–Kier alpha value is -0.920. The molecule has 2 unspecified atom stereocenters. The third-order valence-corrected chi connectivity index (χ3v) is 4.17. The van der Waals surface area contributed by atoms with Crippen LogP contribution in [-0.4, -0.2) is 57.2 Å². The Morgan fingerprint density at radius 1 is 1.20 bits per heavy atom. The third-order valence-electron chi connectivity index (χ3n) is 4.17. The quantitative estimate of drug-likeness (QED) is 0.741. The maximum absolute atomic E-state index is 13.2. The number of amides is 1. The van der Waals surface area contributed by atoms with Gasteiger partial charge in [0.1, 0.15) is 5.82 Å². The van der Waals surface area contributed by atoms with Gasteiger partial charge in [0.25, 0.3) is 0 Å². The molecule has 1 aliphatic rings. The Bertz CT molecular complexity index is 499. The minimum Gasteiger partial charge on any atom is -0.379 e. The SMILES string of the molecule is CNCC(C)C(=O)NCC(c1ccc(F)cc1)N1CCOCC1.Cl.Cl. The van der Waals surface area contributed by atoms with E-state index in [1.165, 1.54) is 12.1 Å². The zero-order valence-corrected chi connectivity index (χ0v) is 16.3. The summed E-state index contributed by atoms with van der Waals surface area (Å²) in [6, 6.07) is 6.55. The van der Waals surface area contributed by atoms with Crippen molar-refractivity contribution in [1.82, 2.24) is 15.5 Å². The van der Waals surface area contributed by atoms with E-state index in [1.807, 2.05) is 14.0 Å². The average Bonchev–Trinajstić information content (AvgIpc) is 2.57. The van der Waals surface area contributed by atoms with E-state index in [4.69, 9.17) is 4.74 Å². The number of morpholine rings is 1. The lowest BCUT2D eigenvalue weighted by Gasteiger charge is -2.35. The van der Waals surface area contributed by atoms with Crippen molar-refractivity contribution >= 4 is 30.7 Å². The van der Waals surface area contributed by atoms with Crippen LogP contribution in [0.1, 0.15) is 18.5 Å². The molecule has 1 amide bonds. The lowest BCUT2D eigenvalue weighted by atomic mass is 10.0. The molecule has 1 fully saturated rings. The van der Waals surface area contributed by atoms with Gasteiger partial charge in [-0.3, -0.25) is 9.69 Å². The predicted octanol–water partition coefficient (Wildman–Crippen LogP) is 2.01. The molecule has 0 aliphatic carbocycles. The second-order valence-electron chi connectivity index (χ2n) is 5.92. The first-order valence-electron chi connectivity index (χ1n) is 8.11. The Balaban J connectivity index is 0.00000288. The highest BCUT2D eigenvalue weighted by Crippen LogP contribution is 2.21. The Morgan fingerprint density at radius 3 is 2.36 bits per heavy atom. The molecule has 0 saturated carbocycles. The molecule has 144 valence electrons. The highest BCUT2D eigenvalue weighted by atomic mass is 35.5. The van der Waals surface area contributed by atoms with E-state index in [2.05, 4.69) is 15.5 Å². The first-order valence-corrected chi connectivity index (χ1v) is 8.11. The third kappa shape index (κ3) is 7.46. The van der Waals surface area contributed by atoms with Crippen LogP contribution < -0.4 is 10.6 Å². The number of benzene rings is 1. The molecule has 1 aliphatic heterocycles. The number of carbonyl (C=O) groups excluding carboxylic acids is 1. The normalized spacial score (nSPS) is 16.9. The zero-order valence-electron chi connectivity index (χ0n) is 14.7. The van der Waals surface area contributed by atoms with Crippen LogP contribution in [0.25, 0.3) is 0 Å². The molecule has 0 aromatic heterocycles. The molecule has 8 heteroatoms. The average molecular weight is 396 g/mol. The summed E-state index contributed by atoms with van der Waals surface area (Å²) in [6.45, 7) is 6.04. The van der Waals surface area contributed by atoms with E-state index in [-0.39, 0.29) is 48.5 Å². The molecule has 2 rings (SSSR count). The van der Waals surface area contributed by atoms with E-state index < -0.39 is 0 Å². The van der Waals surface area contributed by atoms with E-state index >= 15 is 0 Å². The number of hydrogen-bond acceptors (Lipinski definition) is 4. The molecular formula is C17H28Cl2FN3O2. The van der Waals surface area contributed by atoms with Crippen LogP contribution in [0.15, 0.2) is 24.3 Å². The molecule has 25 heavy (non-hydrogen) atoms.